The smallest absolute Gasteiger partial charge is 0.493 e. The number of aliphatic hydroxyl groups is 2. The van der Waals surface area contributed by atoms with Gasteiger partial charge in [-0.1, -0.05) is 12.1 Å². The Morgan fingerprint density at radius 1 is 1.35 bits per heavy atom. The first kappa shape index (κ1) is 17.2. The van der Waals surface area contributed by atoms with E-state index in [9.17, 15) is 5.02 Å². The van der Waals surface area contributed by atoms with Crippen LogP contribution in [0.1, 0.15) is 11.7 Å². The number of benzene rings is 1. The van der Waals surface area contributed by atoms with Crippen molar-refractivity contribution in [2.75, 3.05) is 26.4 Å². The highest BCUT2D eigenvalue weighted by Gasteiger charge is 2.37. The summed E-state index contributed by atoms with van der Waals surface area (Å²) in [5.41, 5.74) is 6.98. The molecule has 0 aliphatic carbocycles. The van der Waals surface area contributed by atoms with E-state index in [1.165, 1.54) is 0 Å². The van der Waals surface area contributed by atoms with Crippen LogP contribution in [0.2, 0.25) is 0 Å². The van der Waals surface area contributed by atoms with Crippen LogP contribution in [-0.2, 0) is 4.65 Å². The second-order valence-electron chi connectivity index (χ2n) is 4.51. The van der Waals surface area contributed by atoms with Crippen molar-refractivity contribution < 1.29 is 24.6 Å². The molecule has 0 spiro atoms. The van der Waals surface area contributed by atoms with Gasteiger partial charge in [-0.15, -0.1) is 12.4 Å². The number of nitrogens with two attached hydrogens (primary N) is 1. The monoisotopic (exact) mass is 303 g/mol. The fraction of sp³-hybridized carbons (Fsp3) is 0.500. The predicted molar refractivity (Wildman–Crippen MR) is 77.3 cm³/mol. The predicted octanol–water partition coefficient (Wildman–Crippen LogP) is -1.19. The number of ether oxygens (including phenoxy) is 1. The van der Waals surface area contributed by atoms with Crippen LogP contribution in [0.5, 0.6) is 5.75 Å². The maximum atomic E-state index is 9.89. The lowest BCUT2D eigenvalue weighted by atomic mass is 9.78. The van der Waals surface area contributed by atoms with E-state index < -0.39 is 7.12 Å². The minimum atomic E-state index is -1.05. The quantitative estimate of drug-likeness (QED) is 0.492. The molecule has 20 heavy (non-hydrogen) atoms. The molecule has 0 fully saturated rings. The van der Waals surface area contributed by atoms with Crippen LogP contribution < -0.4 is 15.9 Å². The van der Waals surface area contributed by atoms with Gasteiger partial charge in [0.1, 0.15) is 5.75 Å². The molecule has 8 heteroatoms. The van der Waals surface area contributed by atoms with Gasteiger partial charge in [-0.05, 0) is 11.6 Å². The normalized spacial score (nSPS) is 17.1. The summed E-state index contributed by atoms with van der Waals surface area (Å²) in [6.45, 7) is 0.138. The minimum Gasteiger partial charge on any atom is -0.493 e. The lowest BCUT2D eigenvalue weighted by molar-refractivity contribution is 0.106. The van der Waals surface area contributed by atoms with Gasteiger partial charge >= 0.3 is 7.12 Å². The summed E-state index contributed by atoms with van der Waals surface area (Å²) in [5.74, 6) is 0.147. The molecule has 0 saturated heterocycles. The molecule has 1 heterocycles. The zero-order chi connectivity index (χ0) is 13.8. The van der Waals surface area contributed by atoms with Gasteiger partial charge in [-0.2, -0.15) is 0 Å². The molecule has 1 aromatic rings. The summed E-state index contributed by atoms with van der Waals surface area (Å²) in [4.78, 5) is 0. The van der Waals surface area contributed by atoms with Gasteiger partial charge in [0, 0.05) is 17.9 Å². The van der Waals surface area contributed by atoms with Crippen molar-refractivity contribution in [3.05, 3.63) is 23.8 Å². The minimum absolute atomic E-state index is 0. The summed E-state index contributed by atoms with van der Waals surface area (Å²) in [6, 6.07) is 5.35. The summed E-state index contributed by atoms with van der Waals surface area (Å²) >= 11 is 0. The third-order valence-corrected chi connectivity index (χ3v) is 3.19. The van der Waals surface area contributed by atoms with Crippen molar-refractivity contribution in [3.8, 4) is 5.75 Å². The van der Waals surface area contributed by atoms with Crippen molar-refractivity contribution in [3.63, 3.8) is 0 Å². The molecule has 5 N–H and O–H groups in total. The first-order valence-corrected chi connectivity index (χ1v) is 6.22. The molecular formula is C12H19BClNO5. The molecule has 2 rings (SSSR count). The Morgan fingerprint density at radius 2 is 2.05 bits per heavy atom. The van der Waals surface area contributed by atoms with E-state index >= 15 is 0 Å². The summed E-state index contributed by atoms with van der Waals surface area (Å²) in [5, 5.41) is 27.9. The Kier molecular flexibility index (Phi) is 6.74. The number of aliphatic hydroxyl groups excluding tert-OH is 2. The molecule has 112 valence electrons. The number of rotatable bonds is 6. The van der Waals surface area contributed by atoms with Crippen LogP contribution in [0.25, 0.3) is 0 Å². The molecular weight excluding hydrogens is 284 g/mol. The standard InChI is InChI=1S/C12H18BNO5.ClH/c14-4-11-9-2-1-3-10(12(9)13(17)19-11)18-7-8(5-15)6-16;/h1-3,8,11,15-17H,4-7,14H2;1H. The summed E-state index contributed by atoms with van der Waals surface area (Å²) in [7, 11) is -1.05. The van der Waals surface area contributed by atoms with Crippen molar-refractivity contribution in [1.82, 2.24) is 0 Å². The van der Waals surface area contributed by atoms with Crippen molar-refractivity contribution >= 4 is 25.0 Å². The Bertz CT molecular complexity index is 432. The van der Waals surface area contributed by atoms with Crippen molar-refractivity contribution in [2.45, 2.75) is 6.10 Å². The molecule has 1 aliphatic rings. The maximum absolute atomic E-state index is 9.89. The highest BCUT2D eigenvalue weighted by molar-refractivity contribution is 6.62. The van der Waals surface area contributed by atoms with Gasteiger partial charge in [0.25, 0.3) is 0 Å². The molecule has 0 amide bonds. The van der Waals surface area contributed by atoms with Crippen LogP contribution in [0.4, 0.5) is 0 Å². The van der Waals surface area contributed by atoms with E-state index in [-0.39, 0.29) is 50.8 Å². The fourth-order valence-electron chi connectivity index (χ4n) is 2.08. The van der Waals surface area contributed by atoms with Gasteiger partial charge < -0.3 is 30.4 Å². The molecule has 0 saturated carbocycles. The SMILES string of the molecule is Cl.NCC1OB(O)c2c(OCC(CO)CO)cccc21. The second-order valence-corrected chi connectivity index (χ2v) is 4.51. The molecule has 0 radical (unpaired) electrons. The lowest BCUT2D eigenvalue weighted by Crippen LogP contribution is -2.31. The average Bonchev–Trinajstić information content (AvgIpc) is 2.77. The topological polar surface area (TPSA) is 105 Å². The zero-order valence-electron chi connectivity index (χ0n) is 10.9. The van der Waals surface area contributed by atoms with E-state index in [4.69, 9.17) is 25.3 Å². The third kappa shape index (κ3) is 3.43. The lowest BCUT2D eigenvalue weighted by Gasteiger charge is -2.15. The van der Waals surface area contributed by atoms with Crippen LogP contribution in [-0.4, -0.2) is 48.7 Å². The van der Waals surface area contributed by atoms with Gasteiger partial charge in [0.15, 0.2) is 0 Å². The van der Waals surface area contributed by atoms with Gasteiger partial charge in [0.05, 0.1) is 25.9 Å². The molecule has 1 atom stereocenters. The molecule has 0 aromatic heterocycles. The molecule has 1 unspecified atom stereocenters. The van der Waals surface area contributed by atoms with Crippen LogP contribution in [0.3, 0.4) is 0 Å². The van der Waals surface area contributed by atoms with Crippen LogP contribution in [0.15, 0.2) is 18.2 Å². The average molecular weight is 304 g/mol. The maximum Gasteiger partial charge on any atom is 0.495 e. The second kappa shape index (κ2) is 7.83. The Labute approximate surface area is 124 Å². The largest absolute Gasteiger partial charge is 0.495 e. The first-order chi connectivity index (χ1) is 9.21. The summed E-state index contributed by atoms with van der Waals surface area (Å²) < 4.78 is 10.9. The number of fused-ring (bicyclic) bond motifs is 1. The Balaban J connectivity index is 0.00000200. The number of hydrogen-bond donors (Lipinski definition) is 4. The van der Waals surface area contributed by atoms with E-state index in [0.29, 0.717) is 11.2 Å². The van der Waals surface area contributed by atoms with E-state index in [0.717, 1.165) is 5.56 Å². The highest BCUT2D eigenvalue weighted by atomic mass is 35.5. The molecule has 6 nitrogen and oxygen atoms in total. The van der Waals surface area contributed by atoms with Gasteiger partial charge in [0.2, 0.25) is 0 Å². The molecule has 1 aromatic carbocycles. The van der Waals surface area contributed by atoms with Crippen LogP contribution >= 0.6 is 12.4 Å². The first-order valence-electron chi connectivity index (χ1n) is 6.22. The molecule has 0 bridgehead atoms. The number of halogens is 1. The van der Waals surface area contributed by atoms with Gasteiger partial charge in [-0.3, -0.25) is 0 Å². The highest BCUT2D eigenvalue weighted by Crippen LogP contribution is 2.26. The number of hydrogen-bond acceptors (Lipinski definition) is 6. The van der Waals surface area contributed by atoms with E-state index in [1.807, 2.05) is 6.07 Å². The fourth-order valence-corrected chi connectivity index (χ4v) is 2.08. The van der Waals surface area contributed by atoms with Crippen molar-refractivity contribution in [2.24, 2.45) is 11.7 Å². The Hall–Kier alpha value is -0.825. The van der Waals surface area contributed by atoms with E-state index in [2.05, 4.69) is 0 Å². The van der Waals surface area contributed by atoms with Gasteiger partial charge in [-0.25, -0.2) is 0 Å². The molecule has 1 aliphatic heterocycles. The van der Waals surface area contributed by atoms with Crippen molar-refractivity contribution in [1.29, 1.82) is 0 Å². The summed E-state index contributed by atoms with van der Waals surface area (Å²) in [6.07, 6.45) is -0.333. The Morgan fingerprint density at radius 3 is 2.65 bits per heavy atom. The zero-order valence-corrected chi connectivity index (χ0v) is 11.8. The van der Waals surface area contributed by atoms with E-state index in [1.54, 1.807) is 12.1 Å². The van der Waals surface area contributed by atoms with Crippen LogP contribution in [0, 0.1) is 5.92 Å². The third-order valence-electron chi connectivity index (χ3n) is 3.19.